The molecule has 0 bridgehead atoms. The molecule has 0 aromatic heterocycles. The van der Waals surface area contributed by atoms with Crippen LogP contribution in [-0.4, -0.2) is 31.6 Å². The summed E-state index contributed by atoms with van der Waals surface area (Å²) >= 11 is 0. The van der Waals surface area contributed by atoms with E-state index in [-0.39, 0.29) is 0 Å². The minimum atomic E-state index is 0.352. The first-order valence-corrected chi connectivity index (χ1v) is 5.67. The molecule has 0 amide bonds. The summed E-state index contributed by atoms with van der Waals surface area (Å²) in [6, 6.07) is 0. The fraction of sp³-hybridized carbons (Fsp3) is 0.909. The molecule has 2 heterocycles. The first-order chi connectivity index (χ1) is 6.75. The SMILES string of the molecule is CC(C)CC1CN=C(C2CCNC2)O1. The van der Waals surface area contributed by atoms with Gasteiger partial charge in [0.1, 0.15) is 6.10 Å². The molecule has 0 saturated carbocycles. The Kier molecular flexibility index (Phi) is 3.06. The van der Waals surface area contributed by atoms with Gasteiger partial charge in [-0.3, -0.25) is 4.99 Å². The molecule has 2 aliphatic rings. The number of nitrogens with one attached hydrogen (secondary N) is 1. The Morgan fingerprint density at radius 2 is 2.43 bits per heavy atom. The molecule has 1 fully saturated rings. The van der Waals surface area contributed by atoms with Crippen LogP contribution >= 0.6 is 0 Å². The van der Waals surface area contributed by atoms with Crippen LogP contribution in [-0.2, 0) is 4.74 Å². The quantitative estimate of drug-likeness (QED) is 0.741. The predicted molar refractivity (Wildman–Crippen MR) is 57.6 cm³/mol. The third kappa shape index (κ3) is 2.27. The van der Waals surface area contributed by atoms with Gasteiger partial charge in [0, 0.05) is 12.5 Å². The van der Waals surface area contributed by atoms with Crippen molar-refractivity contribution in [1.29, 1.82) is 0 Å². The lowest BCUT2D eigenvalue weighted by Gasteiger charge is -2.15. The maximum atomic E-state index is 5.87. The highest BCUT2D eigenvalue weighted by Gasteiger charge is 2.28. The molecule has 80 valence electrons. The number of nitrogens with zero attached hydrogens (tertiary/aromatic N) is 1. The maximum Gasteiger partial charge on any atom is 0.188 e. The van der Waals surface area contributed by atoms with Crippen molar-refractivity contribution in [2.75, 3.05) is 19.6 Å². The van der Waals surface area contributed by atoms with Crippen molar-refractivity contribution in [3.63, 3.8) is 0 Å². The molecule has 0 aromatic rings. The van der Waals surface area contributed by atoms with E-state index >= 15 is 0 Å². The molecule has 3 heteroatoms. The Labute approximate surface area is 85.9 Å². The first-order valence-electron chi connectivity index (χ1n) is 5.67. The van der Waals surface area contributed by atoms with Crippen LogP contribution in [0.15, 0.2) is 4.99 Å². The third-order valence-electron chi connectivity index (χ3n) is 2.88. The number of hydrogen-bond acceptors (Lipinski definition) is 3. The second kappa shape index (κ2) is 4.30. The van der Waals surface area contributed by atoms with Gasteiger partial charge >= 0.3 is 0 Å². The van der Waals surface area contributed by atoms with Crippen LogP contribution < -0.4 is 5.32 Å². The van der Waals surface area contributed by atoms with E-state index in [0.717, 1.165) is 32.0 Å². The van der Waals surface area contributed by atoms with Crippen molar-refractivity contribution >= 4 is 5.90 Å². The molecular weight excluding hydrogens is 176 g/mol. The summed E-state index contributed by atoms with van der Waals surface area (Å²) in [5.74, 6) is 2.27. The highest BCUT2D eigenvalue weighted by Crippen LogP contribution is 2.20. The van der Waals surface area contributed by atoms with E-state index in [1.54, 1.807) is 0 Å². The molecule has 14 heavy (non-hydrogen) atoms. The van der Waals surface area contributed by atoms with Crippen LogP contribution in [0.1, 0.15) is 26.7 Å². The van der Waals surface area contributed by atoms with Crippen LogP contribution in [0.25, 0.3) is 0 Å². The van der Waals surface area contributed by atoms with Crippen LogP contribution in [0, 0.1) is 11.8 Å². The molecule has 2 rings (SSSR count). The molecule has 1 saturated heterocycles. The Hall–Kier alpha value is -0.570. The van der Waals surface area contributed by atoms with E-state index in [1.807, 2.05) is 0 Å². The third-order valence-corrected chi connectivity index (χ3v) is 2.88. The molecule has 1 N–H and O–H groups in total. The summed E-state index contributed by atoms with van der Waals surface area (Å²) in [6.45, 7) is 7.51. The molecule has 0 spiro atoms. The van der Waals surface area contributed by atoms with Gasteiger partial charge in [0.15, 0.2) is 5.90 Å². The first kappa shape index (κ1) is 9.97. The van der Waals surface area contributed by atoms with Crippen LogP contribution in [0.3, 0.4) is 0 Å². The van der Waals surface area contributed by atoms with Crippen LogP contribution in [0.2, 0.25) is 0 Å². The zero-order chi connectivity index (χ0) is 9.97. The van der Waals surface area contributed by atoms with Crippen molar-refractivity contribution < 1.29 is 4.74 Å². The second-order valence-electron chi connectivity index (χ2n) is 4.74. The number of ether oxygens (including phenoxy) is 1. The number of aliphatic imine (C=N–C) groups is 1. The standard InChI is InChI=1S/C11H20N2O/c1-8(2)5-10-7-13-11(14-10)9-3-4-12-6-9/h8-10,12H,3-7H2,1-2H3. The van der Waals surface area contributed by atoms with Gasteiger partial charge in [-0.25, -0.2) is 0 Å². The van der Waals surface area contributed by atoms with Gasteiger partial charge in [-0.1, -0.05) is 13.8 Å². The van der Waals surface area contributed by atoms with E-state index < -0.39 is 0 Å². The molecular formula is C11H20N2O. The average Bonchev–Trinajstić information content (AvgIpc) is 2.69. The van der Waals surface area contributed by atoms with E-state index in [2.05, 4.69) is 24.2 Å². The topological polar surface area (TPSA) is 33.6 Å². The zero-order valence-corrected chi connectivity index (χ0v) is 9.12. The Morgan fingerprint density at radius 1 is 1.57 bits per heavy atom. The van der Waals surface area contributed by atoms with Gasteiger partial charge < -0.3 is 10.1 Å². The van der Waals surface area contributed by atoms with Gasteiger partial charge in [0.2, 0.25) is 0 Å². The summed E-state index contributed by atoms with van der Waals surface area (Å²) in [4.78, 5) is 4.51. The molecule has 0 aliphatic carbocycles. The van der Waals surface area contributed by atoms with Gasteiger partial charge in [-0.05, 0) is 25.3 Å². The smallest absolute Gasteiger partial charge is 0.188 e. The highest BCUT2D eigenvalue weighted by molar-refractivity contribution is 5.80. The molecule has 0 aromatic carbocycles. The number of rotatable bonds is 3. The van der Waals surface area contributed by atoms with Crippen LogP contribution in [0.4, 0.5) is 0 Å². The second-order valence-corrected chi connectivity index (χ2v) is 4.74. The maximum absolute atomic E-state index is 5.87. The summed E-state index contributed by atoms with van der Waals surface area (Å²) in [6.07, 6.45) is 2.67. The lowest BCUT2D eigenvalue weighted by molar-refractivity contribution is 0.184. The van der Waals surface area contributed by atoms with Crippen molar-refractivity contribution in [1.82, 2.24) is 5.32 Å². The van der Waals surface area contributed by atoms with E-state index in [9.17, 15) is 0 Å². The molecule has 3 nitrogen and oxygen atoms in total. The van der Waals surface area contributed by atoms with Crippen LogP contribution in [0.5, 0.6) is 0 Å². The minimum Gasteiger partial charge on any atom is -0.475 e. The Bertz CT molecular complexity index is 219. The Morgan fingerprint density at radius 3 is 3.07 bits per heavy atom. The number of hydrogen-bond donors (Lipinski definition) is 1. The fourth-order valence-corrected chi connectivity index (χ4v) is 2.18. The zero-order valence-electron chi connectivity index (χ0n) is 9.12. The monoisotopic (exact) mass is 196 g/mol. The summed E-state index contributed by atoms with van der Waals surface area (Å²) < 4.78 is 5.87. The normalized spacial score (nSPS) is 32.1. The largest absolute Gasteiger partial charge is 0.475 e. The van der Waals surface area contributed by atoms with Gasteiger partial charge in [-0.15, -0.1) is 0 Å². The molecule has 2 atom stereocenters. The summed E-state index contributed by atoms with van der Waals surface area (Å²) in [7, 11) is 0. The van der Waals surface area contributed by atoms with Gasteiger partial charge in [-0.2, -0.15) is 0 Å². The predicted octanol–water partition coefficient (Wildman–Crippen LogP) is 1.44. The lowest BCUT2D eigenvalue weighted by atomic mass is 10.1. The minimum absolute atomic E-state index is 0.352. The van der Waals surface area contributed by atoms with Gasteiger partial charge in [0.05, 0.1) is 6.54 Å². The van der Waals surface area contributed by atoms with E-state index in [0.29, 0.717) is 17.9 Å². The molecule has 2 aliphatic heterocycles. The highest BCUT2D eigenvalue weighted by atomic mass is 16.5. The molecule has 2 unspecified atom stereocenters. The summed E-state index contributed by atoms with van der Waals surface area (Å²) in [5.41, 5.74) is 0. The van der Waals surface area contributed by atoms with E-state index in [4.69, 9.17) is 4.74 Å². The molecule has 0 radical (unpaired) electrons. The van der Waals surface area contributed by atoms with E-state index in [1.165, 1.54) is 6.42 Å². The van der Waals surface area contributed by atoms with Crippen molar-refractivity contribution in [2.45, 2.75) is 32.8 Å². The van der Waals surface area contributed by atoms with Crippen molar-refractivity contribution in [3.8, 4) is 0 Å². The summed E-state index contributed by atoms with van der Waals surface area (Å²) in [5, 5.41) is 3.34. The van der Waals surface area contributed by atoms with Crippen molar-refractivity contribution in [3.05, 3.63) is 0 Å². The fourth-order valence-electron chi connectivity index (χ4n) is 2.18. The lowest BCUT2D eigenvalue weighted by Crippen LogP contribution is -2.22. The average molecular weight is 196 g/mol. The van der Waals surface area contributed by atoms with Crippen molar-refractivity contribution in [2.24, 2.45) is 16.8 Å². The van der Waals surface area contributed by atoms with Gasteiger partial charge in [0.25, 0.3) is 0 Å². The Balaban J connectivity index is 1.80.